The lowest BCUT2D eigenvalue weighted by atomic mass is 10.2. The first-order chi connectivity index (χ1) is 6.72. The summed E-state index contributed by atoms with van der Waals surface area (Å²) in [5.74, 6) is 0.787. The average molecular weight is 321 g/mol. The van der Waals surface area contributed by atoms with Crippen molar-refractivity contribution in [3.63, 3.8) is 0 Å². The van der Waals surface area contributed by atoms with Gasteiger partial charge in [-0.2, -0.15) is 0 Å². The Balaban J connectivity index is 2.80. The van der Waals surface area contributed by atoms with E-state index >= 15 is 0 Å². The number of methoxy groups -OCH3 is 1. The maximum atomic E-state index is 5.93. The van der Waals surface area contributed by atoms with Crippen molar-refractivity contribution < 1.29 is 4.74 Å². The van der Waals surface area contributed by atoms with E-state index < -0.39 is 0 Å². The third-order valence-electron chi connectivity index (χ3n) is 1.86. The Kier molecular flexibility index (Phi) is 2.73. The zero-order valence-corrected chi connectivity index (χ0v) is 10.2. The average Bonchev–Trinajstić information content (AvgIpc) is 2.17. The van der Waals surface area contributed by atoms with Crippen LogP contribution in [0.3, 0.4) is 0 Å². The Morgan fingerprint density at radius 1 is 1.36 bits per heavy atom. The number of fused-ring (bicyclic) bond motifs is 1. The van der Waals surface area contributed by atoms with Crippen LogP contribution in [-0.2, 0) is 0 Å². The molecule has 72 valence electrons. The lowest BCUT2D eigenvalue weighted by Gasteiger charge is -2.05. The van der Waals surface area contributed by atoms with Crippen molar-refractivity contribution in [2.24, 2.45) is 0 Å². The van der Waals surface area contributed by atoms with Crippen LogP contribution in [-0.4, -0.2) is 17.1 Å². The molecule has 0 amide bonds. The third kappa shape index (κ3) is 1.64. The van der Waals surface area contributed by atoms with Gasteiger partial charge in [0.15, 0.2) is 0 Å². The van der Waals surface area contributed by atoms with Crippen LogP contribution in [0.5, 0.6) is 5.75 Å². The summed E-state index contributed by atoms with van der Waals surface area (Å²) in [4.78, 5) is 8.03. The predicted octanol–water partition coefficient (Wildman–Crippen LogP) is 2.90. The van der Waals surface area contributed by atoms with Gasteiger partial charge < -0.3 is 4.74 Å². The highest BCUT2D eigenvalue weighted by Gasteiger charge is 2.06. The molecule has 5 heteroatoms. The molecule has 0 N–H and O–H groups in total. The van der Waals surface area contributed by atoms with E-state index in [1.165, 1.54) is 6.33 Å². The summed E-state index contributed by atoms with van der Waals surface area (Å²) in [6.45, 7) is 0. The van der Waals surface area contributed by atoms with Gasteiger partial charge in [-0.1, -0.05) is 11.6 Å². The second-order valence-corrected chi connectivity index (χ2v) is 4.19. The van der Waals surface area contributed by atoms with Gasteiger partial charge in [0, 0.05) is 5.39 Å². The summed E-state index contributed by atoms with van der Waals surface area (Å²) in [5, 5.41) is 1.26. The predicted molar refractivity (Wildman–Crippen MR) is 63.8 cm³/mol. The van der Waals surface area contributed by atoms with Gasteiger partial charge in [-0.05, 0) is 34.7 Å². The number of hydrogen-bond acceptors (Lipinski definition) is 3. The number of benzene rings is 1. The number of nitrogens with zero attached hydrogens (tertiary/aromatic N) is 2. The van der Waals surface area contributed by atoms with Gasteiger partial charge in [-0.15, -0.1) is 0 Å². The Morgan fingerprint density at radius 3 is 2.86 bits per heavy atom. The van der Waals surface area contributed by atoms with Crippen molar-refractivity contribution in [1.29, 1.82) is 0 Å². The quantitative estimate of drug-likeness (QED) is 0.598. The maximum absolute atomic E-state index is 5.93. The Hall–Kier alpha value is -0.620. The lowest BCUT2D eigenvalue weighted by Crippen LogP contribution is -1.90. The van der Waals surface area contributed by atoms with Crippen LogP contribution < -0.4 is 4.74 Å². The van der Waals surface area contributed by atoms with Crippen LogP contribution in [0.1, 0.15) is 0 Å². The molecule has 0 saturated heterocycles. The molecule has 3 nitrogen and oxygen atoms in total. The van der Waals surface area contributed by atoms with Gasteiger partial charge in [0.25, 0.3) is 0 Å². The van der Waals surface area contributed by atoms with Crippen LogP contribution in [0.25, 0.3) is 10.9 Å². The molecule has 2 rings (SSSR count). The smallest absolute Gasteiger partial charge is 0.140 e. The Morgan fingerprint density at radius 2 is 2.14 bits per heavy atom. The van der Waals surface area contributed by atoms with Gasteiger partial charge in [0.1, 0.15) is 17.2 Å². The van der Waals surface area contributed by atoms with Crippen molar-refractivity contribution in [3.05, 3.63) is 27.2 Å². The number of rotatable bonds is 1. The van der Waals surface area contributed by atoms with Crippen molar-refractivity contribution in [2.45, 2.75) is 0 Å². The number of hydrogen-bond donors (Lipinski definition) is 0. The van der Waals surface area contributed by atoms with Crippen LogP contribution in [0, 0.1) is 3.57 Å². The molecule has 0 bridgehead atoms. The molecule has 0 saturated carbocycles. The van der Waals surface area contributed by atoms with Crippen molar-refractivity contribution in [2.75, 3.05) is 7.11 Å². The van der Waals surface area contributed by atoms with Crippen molar-refractivity contribution in [1.82, 2.24) is 9.97 Å². The molecule has 0 aliphatic carbocycles. The van der Waals surface area contributed by atoms with Gasteiger partial charge in [0.2, 0.25) is 0 Å². The van der Waals surface area contributed by atoms with E-state index in [9.17, 15) is 0 Å². The first-order valence-electron chi connectivity index (χ1n) is 3.86. The number of ether oxygens (including phenoxy) is 1. The minimum absolute atomic E-state index is 0.449. The second kappa shape index (κ2) is 3.86. The molecular formula is C9H6ClIN2O. The molecule has 1 heterocycles. The van der Waals surface area contributed by atoms with E-state index in [1.54, 1.807) is 7.11 Å². The fourth-order valence-electron chi connectivity index (χ4n) is 1.18. The zero-order chi connectivity index (χ0) is 10.1. The molecule has 0 radical (unpaired) electrons. The Bertz CT molecular complexity index is 489. The standard InChI is InChI=1S/C9H6ClIN2O/c1-14-8-2-5-7(3-6(8)11)12-4-13-9(5)10/h2-4H,1H3. The van der Waals surface area contributed by atoms with E-state index in [0.29, 0.717) is 5.15 Å². The van der Waals surface area contributed by atoms with E-state index in [2.05, 4.69) is 32.6 Å². The SMILES string of the molecule is COc1cc2c(Cl)ncnc2cc1I. The van der Waals surface area contributed by atoms with Gasteiger partial charge >= 0.3 is 0 Å². The highest BCUT2D eigenvalue weighted by Crippen LogP contribution is 2.28. The highest BCUT2D eigenvalue weighted by atomic mass is 127. The zero-order valence-electron chi connectivity index (χ0n) is 7.29. The van der Waals surface area contributed by atoms with E-state index in [-0.39, 0.29) is 0 Å². The molecule has 0 aliphatic rings. The third-order valence-corrected chi connectivity index (χ3v) is 3.00. The molecule has 0 unspecified atom stereocenters. The fourth-order valence-corrected chi connectivity index (χ4v) is 2.05. The lowest BCUT2D eigenvalue weighted by molar-refractivity contribution is 0.412. The summed E-state index contributed by atoms with van der Waals surface area (Å²) >= 11 is 8.12. The van der Waals surface area contributed by atoms with Gasteiger partial charge in [-0.3, -0.25) is 0 Å². The molecule has 0 spiro atoms. The Labute approximate surface area is 99.6 Å². The van der Waals surface area contributed by atoms with E-state index in [4.69, 9.17) is 16.3 Å². The summed E-state index contributed by atoms with van der Waals surface area (Å²) in [5.41, 5.74) is 0.829. The van der Waals surface area contributed by atoms with E-state index in [1.807, 2.05) is 12.1 Å². The summed E-state index contributed by atoms with van der Waals surface area (Å²) in [6, 6.07) is 3.77. The van der Waals surface area contributed by atoms with Gasteiger partial charge in [0.05, 0.1) is 16.2 Å². The van der Waals surface area contributed by atoms with Crippen LogP contribution in [0.4, 0.5) is 0 Å². The minimum atomic E-state index is 0.449. The second-order valence-electron chi connectivity index (χ2n) is 2.67. The molecular weight excluding hydrogens is 314 g/mol. The monoisotopic (exact) mass is 320 g/mol. The van der Waals surface area contributed by atoms with E-state index in [0.717, 1.165) is 20.2 Å². The summed E-state index contributed by atoms with van der Waals surface area (Å²) in [7, 11) is 1.63. The molecule has 1 aromatic heterocycles. The molecule has 0 atom stereocenters. The largest absolute Gasteiger partial charge is 0.496 e. The number of aromatic nitrogens is 2. The first-order valence-corrected chi connectivity index (χ1v) is 5.32. The molecule has 0 aliphatic heterocycles. The fraction of sp³-hybridized carbons (Fsp3) is 0.111. The minimum Gasteiger partial charge on any atom is -0.496 e. The van der Waals surface area contributed by atoms with Crippen LogP contribution in [0.15, 0.2) is 18.5 Å². The topological polar surface area (TPSA) is 35.0 Å². The normalized spacial score (nSPS) is 10.5. The van der Waals surface area contributed by atoms with Crippen LogP contribution >= 0.6 is 34.2 Å². The maximum Gasteiger partial charge on any atom is 0.140 e. The summed E-state index contributed by atoms with van der Waals surface area (Å²) < 4.78 is 6.19. The molecule has 14 heavy (non-hydrogen) atoms. The molecule has 0 fully saturated rings. The van der Waals surface area contributed by atoms with Crippen molar-refractivity contribution >= 4 is 45.1 Å². The first kappa shape index (κ1) is 9.92. The highest BCUT2D eigenvalue weighted by molar-refractivity contribution is 14.1. The van der Waals surface area contributed by atoms with Gasteiger partial charge in [-0.25, -0.2) is 9.97 Å². The summed E-state index contributed by atoms with van der Waals surface area (Å²) in [6.07, 6.45) is 1.45. The van der Waals surface area contributed by atoms with Crippen LogP contribution in [0.2, 0.25) is 5.15 Å². The van der Waals surface area contributed by atoms with Crippen molar-refractivity contribution in [3.8, 4) is 5.75 Å². The molecule has 2 aromatic rings. The molecule has 1 aromatic carbocycles. The number of halogens is 2.